The van der Waals surface area contributed by atoms with Gasteiger partial charge in [-0.3, -0.25) is 9.59 Å². The summed E-state index contributed by atoms with van der Waals surface area (Å²) in [7, 11) is 1.52. The second-order valence-corrected chi connectivity index (χ2v) is 6.54. The molecule has 4 N–H and O–H groups in total. The molecular weight excluding hydrogens is 336 g/mol. The summed E-state index contributed by atoms with van der Waals surface area (Å²) in [6, 6.07) is 4.99. The first kappa shape index (κ1) is 16.6. The number of nitrogens with one attached hydrogen (secondary N) is 2. The lowest BCUT2D eigenvalue weighted by molar-refractivity contribution is -0.157. The summed E-state index contributed by atoms with van der Waals surface area (Å²) in [5, 5.41) is 22.8. The zero-order chi connectivity index (χ0) is 17.5. The maximum Gasteiger partial charge on any atom is 0.306 e. The third-order valence-electron chi connectivity index (χ3n) is 4.31. The van der Waals surface area contributed by atoms with Crippen LogP contribution in [0, 0.1) is 5.92 Å². The molecule has 0 radical (unpaired) electrons. The van der Waals surface area contributed by atoms with Crippen LogP contribution < -0.4 is 10.1 Å². The Bertz CT molecular complexity index is 810. The van der Waals surface area contributed by atoms with Crippen molar-refractivity contribution in [2.75, 3.05) is 13.7 Å². The lowest BCUT2D eigenvalue weighted by Gasteiger charge is -2.41. The molecule has 0 atom stereocenters. The normalized spacial score (nSPS) is 22.9. The Morgan fingerprint density at radius 1 is 1.42 bits per heavy atom. The van der Waals surface area contributed by atoms with Gasteiger partial charge in [0.15, 0.2) is 0 Å². The number of ether oxygens (including phenoxy) is 1. The van der Waals surface area contributed by atoms with Crippen LogP contribution in [0.5, 0.6) is 5.75 Å². The highest BCUT2D eigenvalue weighted by Crippen LogP contribution is 2.37. The van der Waals surface area contributed by atoms with E-state index >= 15 is 0 Å². The van der Waals surface area contributed by atoms with Crippen LogP contribution in [0.25, 0.3) is 10.9 Å². The number of aliphatic carboxylic acids is 1. The number of H-pyrrole nitrogens is 1. The predicted octanol–water partition coefficient (Wildman–Crippen LogP) is 1.79. The molecule has 7 nitrogen and oxygen atoms in total. The fourth-order valence-electron chi connectivity index (χ4n) is 2.98. The van der Waals surface area contributed by atoms with Crippen LogP contribution in [0.4, 0.5) is 0 Å². The molecule has 1 aromatic carbocycles. The van der Waals surface area contributed by atoms with Gasteiger partial charge in [-0.2, -0.15) is 0 Å². The lowest BCUT2D eigenvalue weighted by atomic mass is 9.71. The maximum atomic E-state index is 12.3. The van der Waals surface area contributed by atoms with Crippen LogP contribution >= 0.6 is 11.6 Å². The fraction of sp³-hybridized carbons (Fsp3) is 0.375. The number of carbonyl (C=O) groups excluding carboxylic acids is 1. The number of rotatable bonds is 5. The largest absolute Gasteiger partial charge is 0.496 e. The van der Waals surface area contributed by atoms with Gasteiger partial charge in [-0.05, 0) is 31.0 Å². The minimum Gasteiger partial charge on any atom is -0.496 e. The number of amides is 1. The first-order valence-electron chi connectivity index (χ1n) is 7.41. The van der Waals surface area contributed by atoms with Crippen LogP contribution in [0.15, 0.2) is 18.2 Å². The molecule has 2 aromatic rings. The van der Waals surface area contributed by atoms with Crippen molar-refractivity contribution in [1.82, 2.24) is 10.3 Å². The molecule has 128 valence electrons. The van der Waals surface area contributed by atoms with Gasteiger partial charge in [-0.25, -0.2) is 0 Å². The van der Waals surface area contributed by atoms with Crippen molar-refractivity contribution in [2.24, 2.45) is 5.92 Å². The first-order valence-corrected chi connectivity index (χ1v) is 7.79. The van der Waals surface area contributed by atoms with Gasteiger partial charge in [0, 0.05) is 17.0 Å². The van der Waals surface area contributed by atoms with Crippen LogP contribution in [0.3, 0.4) is 0 Å². The molecule has 1 fully saturated rings. The summed E-state index contributed by atoms with van der Waals surface area (Å²) in [5.74, 6) is -1.32. The molecular formula is C16H17ClN2O5. The van der Waals surface area contributed by atoms with Gasteiger partial charge in [-0.1, -0.05) is 11.6 Å². The number of methoxy groups -OCH3 is 1. The number of hydrogen-bond donors (Lipinski definition) is 4. The second-order valence-electron chi connectivity index (χ2n) is 6.10. The number of carboxylic acids is 1. The fourth-order valence-corrected chi connectivity index (χ4v) is 3.19. The number of halogens is 1. The predicted molar refractivity (Wildman–Crippen MR) is 87.5 cm³/mol. The summed E-state index contributed by atoms with van der Waals surface area (Å²) in [5.41, 5.74) is -0.188. The Morgan fingerprint density at radius 3 is 2.75 bits per heavy atom. The van der Waals surface area contributed by atoms with Crippen LogP contribution in [-0.2, 0) is 4.79 Å². The molecule has 0 aliphatic heterocycles. The zero-order valence-electron chi connectivity index (χ0n) is 12.9. The Kier molecular flexibility index (Phi) is 4.15. The molecule has 1 heterocycles. The van der Waals surface area contributed by atoms with Crippen molar-refractivity contribution in [3.63, 3.8) is 0 Å². The van der Waals surface area contributed by atoms with Crippen LogP contribution in [0.2, 0.25) is 5.02 Å². The summed E-state index contributed by atoms with van der Waals surface area (Å²) in [4.78, 5) is 26.0. The van der Waals surface area contributed by atoms with Crippen molar-refractivity contribution >= 4 is 34.4 Å². The number of benzene rings is 1. The van der Waals surface area contributed by atoms with Gasteiger partial charge >= 0.3 is 5.97 Å². The smallest absolute Gasteiger partial charge is 0.306 e. The number of hydrogen-bond acceptors (Lipinski definition) is 4. The van der Waals surface area contributed by atoms with E-state index in [1.165, 1.54) is 7.11 Å². The van der Waals surface area contributed by atoms with Gasteiger partial charge in [0.05, 0.1) is 24.1 Å². The minimum absolute atomic E-state index is 0.00285. The molecule has 0 bridgehead atoms. The third kappa shape index (κ3) is 3.05. The summed E-state index contributed by atoms with van der Waals surface area (Å²) >= 11 is 6.00. The lowest BCUT2D eigenvalue weighted by Crippen LogP contribution is -2.54. The Balaban J connectivity index is 1.70. The molecule has 1 aliphatic rings. The highest BCUT2D eigenvalue weighted by Gasteiger charge is 2.46. The van der Waals surface area contributed by atoms with E-state index in [9.17, 15) is 14.7 Å². The van der Waals surface area contributed by atoms with Crippen molar-refractivity contribution in [3.8, 4) is 5.75 Å². The highest BCUT2D eigenvalue weighted by molar-refractivity contribution is 6.31. The van der Waals surface area contributed by atoms with E-state index in [4.69, 9.17) is 21.4 Å². The quantitative estimate of drug-likeness (QED) is 0.655. The number of carboxylic acid groups (broad SMARTS) is 1. The Morgan fingerprint density at radius 2 is 2.12 bits per heavy atom. The molecule has 0 unspecified atom stereocenters. The van der Waals surface area contributed by atoms with Gasteiger partial charge in [0.1, 0.15) is 11.4 Å². The molecule has 1 aromatic heterocycles. The van der Waals surface area contributed by atoms with E-state index in [-0.39, 0.29) is 19.4 Å². The van der Waals surface area contributed by atoms with Crippen molar-refractivity contribution in [1.29, 1.82) is 0 Å². The van der Waals surface area contributed by atoms with E-state index in [0.717, 1.165) is 5.39 Å². The standard InChI is InChI=1S/C16H17ClN2O5/c1-24-13-3-9(17)2-11-10(13)4-12(19-11)14(20)18-7-16(23)5-8(6-16)15(21)22/h2-4,8,19,23H,5-7H2,1H3,(H,18,20)(H,21,22). The average molecular weight is 353 g/mol. The van der Waals surface area contributed by atoms with E-state index in [1.807, 2.05) is 0 Å². The van der Waals surface area contributed by atoms with E-state index in [2.05, 4.69) is 10.3 Å². The minimum atomic E-state index is -1.16. The number of aromatic nitrogens is 1. The molecule has 0 saturated heterocycles. The van der Waals surface area contributed by atoms with Crippen molar-refractivity contribution in [3.05, 3.63) is 28.9 Å². The molecule has 24 heavy (non-hydrogen) atoms. The monoisotopic (exact) mass is 352 g/mol. The number of aromatic amines is 1. The van der Waals surface area contributed by atoms with Crippen molar-refractivity contribution in [2.45, 2.75) is 18.4 Å². The topological polar surface area (TPSA) is 112 Å². The molecule has 0 spiro atoms. The van der Waals surface area contributed by atoms with E-state index in [0.29, 0.717) is 22.0 Å². The number of fused-ring (bicyclic) bond motifs is 1. The SMILES string of the molecule is COc1cc(Cl)cc2[nH]c(C(=O)NCC3(O)CC(C(=O)O)C3)cc12. The number of carbonyl (C=O) groups is 2. The highest BCUT2D eigenvalue weighted by atomic mass is 35.5. The zero-order valence-corrected chi connectivity index (χ0v) is 13.7. The second kappa shape index (κ2) is 5.99. The first-order chi connectivity index (χ1) is 11.3. The van der Waals surface area contributed by atoms with Gasteiger partial charge in [0.2, 0.25) is 0 Å². The van der Waals surface area contributed by atoms with E-state index < -0.39 is 23.4 Å². The molecule has 1 amide bonds. The Hall–Kier alpha value is -2.25. The average Bonchev–Trinajstić information content (AvgIpc) is 2.92. The molecule has 8 heteroatoms. The van der Waals surface area contributed by atoms with E-state index in [1.54, 1.807) is 18.2 Å². The Labute approximate surface area is 142 Å². The van der Waals surface area contributed by atoms with Crippen LogP contribution in [0.1, 0.15) is 23.3 Å². The van der Waals surface area contributed by atoms with Gasteiger partial charge < -0.3 is 25.3 Å². The van der Waals surface area contributed by atoms with Gasteiger partial charge in [0.25, 0.3) is 5.91 Å². The number of aliphatic hydroxyl groups is 1. The summed E-state index contributed by atoms with van der Waals surface area (Å²) in [6.45, 7) is 0.00285. The summed E-state index contributed by atoms with van der Waals surface area (Å²) < 4.78 is 5.24. The third-order valence-corrected chi connectivity index (χ3v) is 4.53. The van der Waals surface area contributed by atoms with Crippen LogP contribution in [-0.4, -0.2) is 46.3 Å². The summed E-state index contributed by atoms with van der Waals surface area (Å²) in [6.07, 6.45) is 0.275. The van der Waals surface area contributed by atoms with Gasteiger partial charge in [-0.15, -0.1) is 0 Å². The van der Waals surface area contributed by atoms with Crippen molar-refractivity contribution < 1.29 is 24.5 Å². The molecule has 3 rings (SSSR count). The molecule has 1 aliphatic carbocycles. The maximum absolute atomic E-state index is 12.3. The molecule has 1 saturated carbocycles.